The fraction of sp³-hybridized carbons (Fsp3) is 0. The van der Waals surface area contributed by atoms with Crippen molar-refractivity contribution >= 4 is 33.3 Å². The van der Waals surface area contributed by atoms with Gasteiger partial charge in [0.2, 0.25) is 0 Å². The highest BCUT2D eigenvalue weighted by Gasteiger charge is 2.33. The molecule has 0 heterocycles. The van der Waals surface area contributed by atoms with Crippen LogP contribution < -0.4 is 5.09 Å². The topological polar surface area (TPSA) is 95.9 Å². The molecule has 15 heavy (non-hydrogen) atoms. The van der Waals surface area contributed by atoms with E-state index in [2.05, 4.69) is 4.31 Å². The van der Waals surface area contributed by atoms with Gasteiger partial charge in [0.1, 0.15) is 0 Å². The van der Waals surface area contributed by atoms with E-state index in [-0.39, 0.29) is 10.7 Å². The Morgan fingerprint density at radius 3 is 2.60 bits per heavy atom. The van der Waals surface area contributed by atoms with Crippen LogP contribution in [0.4, 0.5) is 5.69 Å². The maximum atomic E-state index is 11.2. The first-order chi connectivity index (χ1) is 6.91. The number of para-hydroxylation sites is 1. The van der Waals surface area contributed by atoms with Crippen LogP contribution in [-0.4, -0.2) is 9.79 Å². The Balaban J connectivity index is 2.82. The number of nitrogens with one attached hydrogen (secondary N) is 1. The van der Waals surface area contributed by atoms with Crippen molar-refractivity contribution in [2.75, 3.05) is 5.09 Å². The first-order valence-electron chi connectivity index (χ1n) is 3.62. The summed E-state index contributed by atoms with van der Waals surface area (Å²) in [5, 5.41) is 2.23. The van der Waals surface area contributed by atoms with Crippen molar-refractivity contribution in [3.63, 3.8) is 0 Å². The number of hydrogen-bond donors (Lipinski definition) is 3. The molecule has 0 aromatic heterocycles. The lowest BCUT2D eigenvalue weighted by atomic mass is 10.3. The van der Waals surface area contributed by atoms with Gasteiger partial charge in [-0.25, -0.2) is 4.57 Å². The van der Waals surface area contributed by atoms with Crippen molar-refractivity contribution in [2.24, 2.45) is 0 Å². The average Bonchev–Trinajstić information content (AvgIpc) is 2.06. The summed E-state index contributed by atoms with van der Waals surface area (Å²) >= 11 is 5.68. The SMILES string of the molecule is O=[P+](O)OP(=O)(O)Nc1ccccc1Cl. The molecule has 6 nitrogen and oxygen atoms in total. The first-order valence-corrected chi connectivity index (χ1v) is 6.71. The second-order valence-electron chi connectivity index (χ2n) is 2.43. The molecule has 0 fully saturated rings. The van der Waals surface area contributed by atoms with Crippen LogP contribution >= 0.6 is 27.6 Å². The van der Waals surface area contributed by atoms with Crippen LogP contribution in [0.5, 0.6) is 0 Å². The van der Waals surface area contributed by atoms with E-state index in [1.54, 1.807) is 12.1 Å². The van der Waals surface area contributed by atoms with Gasteiger partial charge in [-0.1, -0.05) is 23.7 Å². The van der Waals surface area contributed by atoms with Gasteiger partial charge in [0.25, 0.3) is 0 Å². The van der Waals surface area contributed by atoms with E-state index in [4.69, 9.17) is 21.4 Å². The van der Waals surface area contributed by atoms with Gasteiger partial charge in [-0.3, -0.25) is 5.09 Å². The monoisotopic (exact) mass is 270 g/mol. The number of halogens is 1. The summed E-state index contributed by atoms with van der Waals surface area (Å²) in [6, 6.07) is 6.12. The molecule has 9 heteroatoms. The largest absolute Gasteiger partial charge is 0.705 e. The minimum Gasteiger partial charge on any atom is -0.305 e. The molecule has 82 valence electrons. The van der Waals surface area contributed by atoms with Crippen LogP contribution in [0.15, 0.2) is 24.3 Å². The molecule has 1 rings (SSSR count). The van der Waals surface area contributed by atoms with Gasteiger partial charge in [-0.15, -0.1) is 4.89 Å². The van der Waals surface area contributed by atoms with Crippen molar-refractivity contribution in [3.05, 3.63) is 29.3 Å². The molecule has 0 aliphatic carbocycles. The predicted octanol–water partition coefficient (Wildman–Crippen LogP) is 2.52. The second-order valence-corrected chi connectivity index (χ2v) is 5.23. The van der Waals surface area contributed by atoms with E-state index >= 15 is 0 Å². The predicted molar refractivity (Wildman–Crippen MR) is 55.8 cm³/mol. The molecule has 0 bridgehead atoms. The second kappa shape index (κ2) is 5.03. The van der Waals surface area contributed by atoms with Crippen molar-refractivity contribution < 1.29 is 23.2 Å². The molecule has 1 aromatic rings. The van der Waals surface area contributed by atoms with Crippen LogP contribution in [0, 0.1) is 0 Å². The minimum atomic E-state index is -4.37. The molecule has 0 radical (unpaired) electrons. The number of rotatable bonds is 4. The Bertz CT molecular complexity index is 426. The number of hydrogen-bond acceptors (Lipinski definition) is 3. The van der Waals surface area contributed by atoms with Crippen LogP contribution in [0.3, 0.4) is 0 Å². The van der Waals surface area contributed by atoms with Gasteiger partial charge in [-0.2, -0.15) is 0 Å². The van der Waals surface area contributed by atoms with Gasteiger partial charge < -0.3 is 4.89 Å². The molecular weight excluding hydrogens is 263 g/mol. The van der Waals surface area contributed by atoms with E-state index in [0.717, 1.165) is 0 Å². The maximum absolute atomic E-state index is 11.2. The van der Waals surface area contributed by atoms with Crippen molar-refractivity contribution in [3.8, 4) is 0 Å². The summed E-state index contributed by atoms with van der Waals surface area (Å²) in [7, 11) is -7.53. The lowest BCUT2D eigenvalue weighted by Gasteiger charge is -2.08. The lowest BCUT2D eigenvalue weighted by molar-refractivity contribution is 0.355. The van der Waals surface area contributed by atoms with Crippen LogP contribution in [0.25, 0.3) is 0 Å². The molecule has 0 saturated heterocycles. The number of benzene rings is 1. The smallest absolute Gasteiger partial charge is 0.305 e. The fourth-order valence-electron chi connectivity index (χ4n) is 0.819. The average molecular weight is 271 g/mol. The summed E-state index contributed by atoms with van der Waals surface area (Å²) in [6.07, 6.45) is 0. The van der Waals surface area contributed by atoms with Crippen molar-refractivity contribution in [2.45, 2.75) is 0 Å². The third kappa shape index (κ3) is 4.26. The third-order valence-corrected chi connectivity index (χ3v) is 3.61. The molecular formula is C6H7ClNO5P2+. The van der Waals surface area contributed by atoms with E-state index in [9.17, 15) is 9.13 Å². The van der Waals surface area contributed by atoms with Crippen LogP contribution in [0.2, 0.25) is 5.02 Å². The first kappa shape index (κ1) is 12.6. The molecule has 0 amide bonds. The van der Waals surface area contributed by atoms with Crippen LogP contribution in [-0.2, 0) is 13.4 Å². The third-order valence-electron chi connectivity index (χ3n) is 1.32. The highest BCUT2D eigenvalue weighted by atomic mass is 35.5. The highest BCUT2D eigenvalue weighted by Crippen LogP contribution is 2.50. The van der Waals surface area contributed by atoms with E-state index in [1.165, 1.54) is 12.1 Å². The zero-order valence-electron chi connectivity index (χ0n) is 7.20. The van der Waals surface area contributed by atoms with Crippen LogP contribution in [0.1, 0.15) is 0 Å². The molecule has 2 atom stereocenters. The Hall–Kier alpha value is -0.480. The Labute approximate surface area is 91.4 Å². The van der Waals surface area contributed by atoms with Crippen molar-refractivity contribution in [1.82, 2.24) is 0 Å². The maximum Gasteiger partial charge on any atom is 0.705 e. The molecule has 0 saturated carbocycles. The zero-order valence-corrected chi connectivity index (χ0v) is 9.75. The van der Waals surface area contributed by atoms with Gasteiger partial charge >= 0.3 is 16.0 Å². The zero-order chi connectivity index (χ0) is 11.5. The molecule has 0 aliphatic rings. The summed E-state index contributed by atoms with van der Waals surface area (Å²) < 4.78 is 25.3. The molecule has 1 aromatic carbocycles. The molecule has 2 unspecified atom stereocenters. The minimum absolute atomic E-state index is 0.141. The normalized spacial score (nSPS) is 15.5. The lowest BCUT2D eigenvalue weighted by Crippen LogP contribution is -1.97. The molecule has 0 aliphatic heterocycles. The van der Waals surface area contributed by atoms with Gasteiger partial charge in [-0.05, 0) is 16.4 Å². The van der Waals surface area contributed by atoms with Crippen molar-refractivity contribution in [1.29, 1.82) is 0 Å². The van der Waals surface area contributed by atoms with Gasteiger partial charge in [0.05, 0.1) is 10.7 Å². The van der Waals surface area contributed by atoms with E-state index in [1.807, 2.05) is 5.09 Å². The number of anilines is 1. The van der Waals surface area contributed by atoms with E-state index in [0.29, 0.717) is 0 Å². The summed E-state index contributed by atoms with van der Waals surface area (Å²) in [4.78, 5) is 17.4. The summed E-state index contributed by atoms with van der Waals surface area (Å²) in [5.41, 5.74) is 0.141. The molecule has 0 spiro atoms. The summed E-state index contributed by atoms with van der Waals surface area (Å²) in [6.45, 7) is 0. The fourth-order valence-corrected chi connectivity index (χ4v) is 2.49. The highest BCUT2D eigenvalue weighted by molar-refractivity contribution is 7.60. The molecule has 3 N–H and O–H groups in total. The quantitative estimate of drug-likeness (QED) is 0.728. The standard InChI is InChI=1S/C6H6ClNO5P2/c7-5-3-1-2-4-6(5)8-15(11,12)13-14(9)10/h1-4H,(H2-,8,9,10,11,12)/p+1. The summed E-state index contributed by atoms with van der Waals surface area (Å²) in [5.74, 6) is 0. The van der Waals surface area contributed by atoms with Gasteiger partial charge in [0.15, 0.2) is 0 Å². The Morgan fingerprint density at radius 2 is 2.07 bits per heavy atom. The van der Waals surface area contributed by atoms with Gasteiger partial charge in [0, 0.05) is 4.57 Å². The van der Waals surface area contributed by atoms with E-state index < -0.39 is 16.0 Å². The Morgan fingerprint density at radius 1 is 1.47 bits per heavy atom. The Kier molecular flexibility index (Phi) is 4.22.